The highest BCUT2D eigenvalue weighted by Gasteiger charge is 2.53. The molecule has 1 saturated heterocycles. The summed E-state index contributed by atoms with van der Waals surface area (Å²) in [7, 11) is 0. The molecule has 0 spiro atoms. The summed E-state index contributed by atoms with van der Waals surface area (Å²) in [6.07, 6.45) is 8.47. The first-order chi connectivity index (χ1) is 16.5. The van der Waals surface area contributed by atoms with Crippen molar-refractivity contribution in [2.24, 2.45) is 5.92 Å². The fourth-order valence-electron chi connectivity index (χ4n) is 5.42. The van der Waals surface area contributed by atoms with E-state index in [1.54, 1.807) is 41.4 Å². The van der Waals surface area contributed by atoms with Crippen molar-refractivity contribution in [2.45, 2.75) is 57.5 Å². The average molecular weight is 463 g/mol. The van der Waals surface area contributed by atoms with Gasteiger partial charge < -0.3 is 15.0 Å². The topological polar surface area (TPSA) is 91.8 Å². The van der Waals surface area contributed by atoms with Gasteiger partial charge in [0.25, 0.3) is 5.91 Å². The van der Waals surface area contributed by atoms with E-state index in [9.17, 15) is 14.4 Å². The number of carbonyl (C=O) groups is 3. The SMILES string of the molecule is CC12CCC(=O)N1c1ccccc1C(=O)N2CC(=O)Nc1ncccc1OCC1CCCCC1. The molecule has 0 bridgehead atoms. The van der Waals surface area contributed by atoms with E-state index in [4.69, 9.17) is 4.74 Å². The number of carbonyl (C=O) groups excluding carboxylic acids is 3. The highest BCUT2D eigenvalue weighted by molar-refractivity contribution is 6.11. The standard InChI is InChI=1S/C26H30N4O4/c1-26-14-13-23(32)30(26)20-11-6-5-10-19(20)25(33)29(26)16-22(31)28-24-21(12-7-15-27-24)34-17-18-8-3-2-4-9-18/h5-7,10-12,15,18H,2-4,8-9,13-14,16-17H2,1H3,(H,27,28,31). The number of fused-ring (bicyclic) bond motifs is 3. The largest absolute Gasteiger partial charge is 0.489 e. The molecule has 1 aromatic carbocycles. The number of ether oxygens (including phenoxy) is 1. The number of hydrogen-bond acceptors (Lipinski definition) is 5. The van der Waals surface area contributed by atoms with Crippen molar-refractivity contribution in [1.29, 1.82) is 0 Å². The van der Waals surface area contributed by atoms with Crippen LogP contribution in [-0.4, -0.2) is 46.4 Å². The lowest BCUT2D eigenvalue weighted by atomic mass is 9.90. The Hall–Kier alpha value is -3.42. The van der Waals surface area contributed by atoms with Crippen LogP contribution in [0.1, 0.15) is 62.2 Å². The van der Waals surface area contributed by atoms with Crippen LogP contribution in [0.15, 0.2) is 42.6 Å². The number of rotatable bonds is 6. The number of pyridine rings is 1. The first kappa shape index (κ1) is 22.4. The molecular formula is C26H30N4O4. The van der Waals surface area contributed by atoms with E-state index in [0.717, 1.165) is 12.8 Å². The number of nitrogens with zero attached hydrogens (tertiary/aromatic N) is 3. The maximum atomic E-state index is 13.4. The maximum Gasteiger partial charge on any atom is 0.258 e. The Morgan fingerprint density at radius 2 is 1.94 bits per heavy atom. The summed E-state index contributed by atoms with van der Waals surface area (Å²) in [5.74, 6) is 0.715. The minimum absolute atomic E-state index is 0.0454. The van der Waals surface area contributed by atoms with Crippen LogP contribution >= 0.6 is 0 Å². The summed E-state index contributed by atoms with van der Waals surface area (Å²) < 4.78 is 6.03. The van der Waals surface area contributed by atoms with Gasteiger partial charge in [0, 0.05) is 12.6 Å². The van der Waals surface area contributed by atoms with Gasteiger partial charge in [0.2, 0.25) is 11.8 Å². The summed E-state index contributed by atoms with van der Waals surface area (Å²) >= 11 is 0. The van der Waals surface area contributed by atoms with Crippen molar-refractivity contribution in [3.63, 3.8) is 0 Å². The van der Waals surface area contributed by atoms with Crippen LogP contribution in [0.4, 0.5) is 11.5 Å². The van der Waals surface area contributed by atoms with E-state index in [1.165, 1.54) is 24.2 Å². The van der Waals surface area contributed by atoms with E-state index in [0.29, 0.717) is 48.2 Å². The van der Waals surface area contributed by atoms with Gasteiger partial charge in [0.15, 0.2) is 11.6 Å². The zero-order valence-electron chi connectivity index (χ0n) is 19.5. The number of hydrogen-bond donors (Lipinski definition) is 1. The second-order valence-corrected chi connectivity index (χ2v) is 9.57. The van der Waals surface area contributed by atoms with Gasteiger partial charge >= 0.3 is 0 Å². The minimum atomic E-state index is -0.885. The van der Waals surface area contributed by atoms with Gasteiger partial charge in [-0.2, -0.15) is 0 Å². The van der Waals surface area contributed by atoms with Gasteiger partial charge in [0.05, 0.1) is 17.9 Å². The molecule has 8 heteroatoms. The molecule has 34 heavy (non-hydrogen) atoms. The molecule has 3 aliphatic rings. The van der Waals surface area contributed by atoms with Crippen LogP contribution in [-0.2, 0) is 9.59 Å². The minimum Gasteiger partial charge on any atom is -0.489 e. The van der Waals surface area contributed by atoms with E-state index in [2.05, 4.69) is 10.3 Å². The van der Waals surface area contributed by atoms with Crippen molar-refractivity contribution < 1.29 is 19.1 Å². The second kappa shape index (κ2) is 9.08. The third kappa shape index (κ3) is 4.02. The van der Waals surface area contributed by atoms with E-state index >= 15 is 0 Å². The van der Waals surface area contributed by atoms with Gasteiger partial charge in [-0.15, -0.1) is 0 Å². The second-order valence-electron chi connectivity index (χ2n) is 9.57. The molecule has 5 rings (SSSR count). The molecular weight excluding hydrogens is 432 g/mol. The van der Waals surface area contributed by atoms with E-state index in [1.807, 2.05) is 13.0 Å². The molecule has 1 saturated carbocycles. The number of nitrogens with one attached hydrogen (secondary N) is 1. The van der Waals surface area contributed by atoms with Crippen molar-refractivity contribution in [1.82, 2.24) is 9.88 Å². The fraction of sp³-hybridized carbons (Fsp3) is 0.462. The molecule has 2 aromatic rings. The molecule has 1 unspecified atom stereocenters. The molecule has 2 fully saturated rings. The van der Waals surface area contributed by atoms with Crippen LogP contribution in [0.5, 0.6) is 5.75 Å². The Morgan fingerprint density at radius 1 is 1.15 bits per heavy atom. The summed E-state index contributed by atoms with van der Waals surface area (Å²) in [5, 5.41) is 2.83. The first-order valence-corrected chi connectivity index (χ1v) is 12.1. The Bertz CT molecular complexity index is 1110. The van der Waals surface area contributed by atoms with Crippen LogP contribution < -0.4 is 15.0 Å². The molecule has 178 valence electrons. The smallest absolute Gasteiger partial charge is 0.258 e. The monoisotopic (exact) mass is 462 g/mol. The average Bonchev–Trinajstić information content (AvgIpc) is 3.17. The Balaban J connectivity index is 1.32. The van der Waals surface area contributed by atoms with Gasteiger partial charge in [-0.25, -0.2) is 4.98 Å². The molecule has 3 heterocycles. The van der Waals surface area contributed by atoms with Gasteiger partial charge in [-0.3, -0.25) is 19.3 Å². The van der Waals surface area contributed by atoms with Gasteiger partial charge in [-0.05, 0) is 56.4 Å². The van der Waals surface area contributed by atoms with Crippen LogP contribution in [0.3, 0.4) is 0 Å². The van der Waals surface area contributed by atoms with E-state index < -0.39 is 5.66 Å². The third-order valence-corrected chi connectivity index (χ3v) is 7.28. The van der Waals surface area contributed by atoms with Crippen molar-refractivity contribution >= 4 is 29.2 Å². The zero-order valence-corrected chi connectivity index (χ0v) is 19.5. The Kier molecular flexibility index (Phi) is 5.98. The summed E-state index contributed by atoms with van der Waals surface area (Å²) in [6.45, 7) is 2.26. The lowest BCUT2D eigenvalue weighted by Gasteiger charge is -2.48. The third-order valence-electron chi connectivity index (χ3n) is 7.28. The number of aromatic nitrogens is 1. The summed E-state index contributed by atoms with van der Waals surface area (Å²) in [5.41, 5.74) is 0.152. The summed E-state index contributed by atoms with van der Waals surface area (Å²) in [4.78, 5) is 46.7. The van der Waals surface area contributed by atoms with Gasteiger partial charge in [0.1, 0.15) is 12.2 Å². The molecule has 2 aliphatic heterocycles. The van der Waals surface area contributed by atoms with Crippen molar-refractivity contribution in [2.75, 3.05) is 23.4 Å². The van der Waals surface area contributed by atoms with Crippen LogP contribution in [0.25, 0.3) is 0 Å². The Morgan fingerprint density at radius 3 is 2.76 bits per heavy atom. The molecule has 0 radical (unpaired) electrons. The lowest BCUT2D eigenvalue weighted by molar-refractivity contribution is -0.120. The molecule has 1 aliphatic carbocycles. The first-order valence-electron chi connectivity index (χ1n) is 12.1. The fourth-order valence-corrected chi connectivity index (χ4v) is 5.42. The molecule has 3 amide bonds. The van der Waals surface area contributed by atoms with E-state index in [-0.39, 0.29) is 24.3 Å². The quantitative estimate of drug-likeness (QED) is 0.701. The van der Waals surface area contributed by atoms with Crippen LogP contribution in [0.2, 0.25) is 0 Å². The molecule has 1 aromatic heterocycles. The van der Waals surface area contributed by atoms with Crippen molar-refractivity contribution in [3.05, 3.63) is 48.2 Å². The highest BCUT2D eigenvalue weighted by Crippen LogP contribution is 2.43. The van der Waals surface area contributed by atoms with Crippen LogP contribution in [0, 0.1) is 5.92 Å². The predicted molar refractivity (Wildman–Crippen MR) is 128 cm³/mol. The Labute approximate surface area is 199 Å². The number of para-hydroxylation sites is 1. The number of anilines is 2. The lowest BCUT2D eigenvalue weighted by Crippen LogP contribution is -2.63. The zero-order chi connectivity index (χ0) is 23.7. The highest BCUT2D eigenvalue weighted by atomic mass is 16.5. The molecule has 1 N–H and O–H groups in total. The van der Waals surface area contributed by atoms with Crippen molar-refractivity contribution in [3.8, 4) is 5.75 Å². The van der Waals surface area contributed by atoms with Gasteiger partial charge in [-0.1, -0.05) is 31.4 Å². The molecule has 8 nitrogen and oxygen atoms in total. The normalized spacial score (nSPS) is 22.4. The summed E-state index contributed by atoms with van der Waals surface area (Å²) in [6, 6.07) is 10.6. The number of amides is 3. The predicted octanol–water partition coefficient (Wildman–Crippen LogP) is 3.98. The maximum absolute atomic E-state index is 13.4. The molecule has 1 atom stereocenters. The number of benzene rings is 1.